The Labute approximate surface area is 76.7 Å². The second-order valence-corrected chi connectivity index (χ2v) is 2.84. The Morgan fingerprint density at radius 1 is 1.92 bits per heavy atom. The number of hydrogen-bond donors (Lipinski definition) is 1. The van der Waals surface area contributed by atoms with Gasteiger partial charge in [-0.05, 0) is 25.8 Å². The van der Waals surface area contributed by atoms with Crippen LogP contribution in [0.4, 0.5) is 0 Å². The van der Waals surface area contributed by atoms with Crippen molar-refractivity contribution in [2.75, 3.05) is 0 Å². The molecule has 0 spiro atoms. The number of carbonyl (C=O) groups is 1. The molecule has 0 fully saturated rings. The maximum Gasteiger partial charge on any atom is 0.144 e. The Morgan fingerprint density at radius 3 is 2.69 bits per heavy atom. The number of nitrogens with zero attached hydrogens (tertiary/aromatic N) is 3. The van der Waals surface area contributed by atoms with Crippen molar-refractivity contribution in [1.82, 2.24) is 0 Å². The molecule has 2 atom stereocenters. The summed E-state index contributed by atoms with van der Waals surface area (Å²) < 4.78 is 0. The molecule has 0 saturated carbocycles. The van der Waals surface area contributed by atoms with E-state index >= 15 is 0 Å². The molecule has 0 aromatic heterocycles. The normalized spacial score (nSPS) is 16.5. The molecule has 13 heavy (non-hydrogen) atoms. The summed E-state index contributed by atoms with van der Waals surface area (Å²) in [5.41, 5.74) is 6.89. The number of aliphatic hydroxyl groups is 1. The molecule has 0 amide bonds. The van der Waals surface area contributed by atoms with Crippen molar-refractivity contribution < 1.29 is 9.90 Å². The second kappa shape index (κ2) is 4.64. The fourth-order valence-electron chi connectivity index (χ4n) is 1.10. The lowest BCUT2D eigenvalue weighted by atomic mass is 9.86. The Bertz CT molecular complexity index is 252. The Hall–Kier alpha value is -1.32. The van der Waals surface area contributed by atoms with Crippen LogP contribution in [-0.2, 0) is 4.79 Å². The molecular weight excluding hydrogens is 170 g/mol. The number of ketones is 1. The van der Waals surface area contributed by atoms with Gasteiger partial charge in [0.15, 0.2) is 0 Å². The molecule has 0 aliphatic heterocycles. The van der Waals surface area contributed by atoms with Crippen molar-refractivity contribution in [3.63, 3.8) is 0 Å². The van der Waals surface area contributed by atoms with Crippen LogP contribution >= 0.6 is 0 Å². The van der Waals surface area contributed by atoms with E-state index in [2.05, 4.69) is 16.6 Å². The summed E-state index contributed by atoms with van der Waals surface area (Å²) in [4.78, 5) is 13.8. The summed E-state index contributed by atoms with van der Waals surface area (Å²) in [5.74, 6) is -0.361. The van der Waals surface area contributed by atoms with E-state index < -0.39 is 11.6 Å². The van der Waals surface area contributed by atoms with Crippen molar-refractivity contribution in [2.45, 2.75) is 31.9 Å². The zero-order valence-electron chi connectivity index (χ0n) is 7.77. The highest BCUT2D eigenvalue weighted by Crippen LogP contribution is 2.23. The van der Waals surface area contributed by atoms with Crippen LogP contribution in [0.2, 0.25) is 0 Å². The van der Waals surface area contributed by atoms with Crippen LogP contribution in [0.5, 0.6) is 0 Å². The topological polar surface area (TPSA) is 86.1 Å². The average molecular weight is 183 g/mol. The van der Waals surface area contributed by atoms with Crippen LogP contribution in [0.3, 0.4) is 0 Å². The minimum absolute atomic E-state index is 0.143. The maximum atomic E-state index is 11.2. The van der Waals surface area contributed by atoms with Crippen molar-refractivity contribution >= 4 is 5.78 Å². The lowest BCUT2D eigenvalue weighted by molar-refractivity contribution is -0.125. The first-order valence-electron chi connectivity index (χ1n) is 3.87. The van der Waals surface area contributed by atoms with E-state index in [9.17, 15) is 9.90 Å². The summed E-state index contributed by atoms with van der Waals surface area (Å²) in [7, 11) is 0. The molecule has 0 heterocycles. The lowest BCUT2D eigenvalue weighted by Crippen LogP contribution is -2.44. The van der Waals surface area contributed by atoms with E-state index in [4.69, 9.17) is 5.53 Å². The molecule has 72 valence electrons. The first-order chi connectivity index (χ1) is 6.01. The number of azide groups is 1. The molecule has 1 N–H and O–H groups in total. The molecular formula is C8H13N3O2. The predicted molar refractivity (Wildman–Crippen MR) is 49.1 cm³/mol. The van der Waals surface area contributed by atoms with E-state index in [0.29, 0.717) is 0 Å². The van der Waals surface area contributed by atoms with Crippen LogP contribution in [0.25, 0.3) is 10.4 Å². The smallest absolute Gasteiger partial charge is 0.144 e. The molecule has 0 rings (SSSR count). The fraction of sp³-hybridized carbons (Fsp3) is 0.625. The molecule has 0 radical (unpaired) electrons. The van der Waals surface area contributed by atoms with Gasteiger partial charge >= 0.3 is 0 Å². The number of hydrogen-bond acceptors (Lipinski definition) is 3. The number of aliphatic hydroxyl groups excluding tert-OH is 1. The van der Waals surface area contributed by atoms with Gasteiger partial charge in [-0.2, -0.15) is 0 Å². The van der Waals surface area contributed by atoms with Gasteiger partial charge in [0.2, 0.25) is 0 Å². The first kappa shape index (κ1) is 11.7. The highest BCUT2D eigenvalue weighted by Gasteiger charge is 2.38. The highest BCUT2D eigenvalue weighted by atomic mass is 16.3. The van der Waals surface area contributed by atoms with Crippen LogP contribution < -0.4 is 0 Å². The predicted octanol–water partition coefficient (Wildman–Crippen LogP) is 1.58. The van der Waals surface area contributed by atoms with Crippen LogP contribution in [0, 0.1) is 0 Å². The van der Waals surface area contributed by atoms with Crippen molar-refractivity contribution in [2.24, 2.45) is 5.11 Å². The van der Waals surface area contributed by atoms with E-state index in [-0.39, 0.29) is 12.2 Å². The zero-order valence-corrected chi connectivity index (χ0v) is 7.77. The van der Waals surface area contributed by atoms with E-state index in [1.807, 2.05) is 0 Å². The SMILES string of the molecule is C=CC[C@](N=[N+]=[N-])(C(C)=O)[C@@H](C)O. The average Bonchev–Trinajstić information content (AvgIpc) is 2.03. The van der Waals surface area contributed by atoms with Crippen molar-refractivity contribution in [3.05, 3.63) is 23.1 Å². The van der Waals surface area contributed by atoms with Gasteiger partial charge in [0, 0.05) is 4.91 Å². The van der Waals surface area contributed by atoms with Crippen LogP contribution in [-0.4, -0.2) is 22.5 Å². The zero-order chi connectivity index (χ0) is 10.5. The van der Waals surface area contributed by atoms with E-state index in [0.717, 1.165) is 0 Å². The van der Waals surface area contributed by atoms with Gasteiger partial charge < -0.3 is 5.11 Å². The minimum Gasteiger partial charge on any atom is -0.392 e. The molecule has 0 unspecified atom stereocenters. The molecule has 0 saturated heterocycles. The number of carbonyl (C=O) groups excluding carboxylic acids is 1. The molecule has 0 aliphatic rings. The van der Waals surface area contributed by atoms with Gasteiger partial charge in [-0.15, -0.1) is 6.58 Å². The van der Waals surface area contributed by atoms with Crippen molar-refractivity contribution in [3.8, 4) is 0 Å². The highest BCUT2D eigenvalue weighted by molar-refractivity contribution is 5.87. The van der Waals surface area contributed by atoms with Crippen LogP contribution in [0.15, 0.2) is 17.8 Å². The molecule has 0 aliphatic carbocycles. The van der Waals surface area contributed by atoms with Gasteiger partial charge in [-0.25, -0.2) is 0 Å². The van der Waals surface area contributed by atoms with Gasteiger partial charge in [-0.3, -0.25) is 4.79 Å². The molecule has 5 nitrogen and oxygen atoms in total. The Balaban J connectivity index is 5.15. The second-order valence-electron chi connectivity index (χ2n) is 2.84. The van der Waals surface area contributed by atoms with Gasteiger partial charge in [-0.1, -0.05) is 11.2 Å². The standard InChI is InChI=1S/C8H13N3O2/c1-4-5-8(6(2)12,7(3)13)10-11-9/h4,6,12H,1,5H2,2-3H3/t6-,8-/m1/s1. The Kier molecular flexibility index (Phi) is 4.17. The van der Waals surface area contributed by atoms with E-state index in [1.165, 1.54) is 19.9 Å². The molecule has 0 aromatic rings. The third-order valence-corrected chi connectivity index (χ3v) is 1.98. The summed E-state index contributed by atoms with van der Waals surface area (Å²) >= 11 is 0. The largest absolute Gasteiger partial charge is 0.392 e. The quantitative estimate of drug-likeness (QED) is 0.303. The monoisotopic (exact) mass is 183 g/mol. The summed E-state index contributed by atoms with van der Waals surface area (Å²) in [6, 6.07) is 0. The third kappa shape index (κ3) is 2.31. The Morgan fingerprint density at radius 2 is 2.46 bits per heavy atom. The first-order valence-corrected chi connectivity index (χ1v) is 3.87. The number of Topliss-reactive ketones (excluding diaryl/α,β-unsaturated/α-hetero) is 1. The van der Waals surface area contributed by atoms with Crippen LogP contribution in [0.1, 0.15) is 20.3 Å². The number of rotatable bonds is 5. The summed E-state index contributed by atoms with van der Waals surface area (Å²) in [6.07, 6.45) is 0.575. The molecule has 0 aromatic carbocycles. The fourth-order valence-corrected chi connectivity index (χ4v) is 1.10. The van der Waals surface area contributed by atoms with Gasteiger partial charge in [0.1, 0.15) is 11.3 Å². The third-order valence-electron chi connectivity index (χ3n) is 1.98. The molecule has 5 heteroatoms. The molecule has 0 bridgehead atoms. The maximum absolute atomic E-state index is 11.2. The van der Waals surface area contributed by atoms with Crippen molar-refractivity contribution in [1.29, 1.82) is 0 Å². The van der Waals surface area contributed by atoms with Gasteiger partial charge in [0.25, 0.3) is 0 Å². The summed E-state index contributed by atoms with van der Waals surface area (Å²) in [6.45, 7) is 6.14. The summed E-state index contributed by atoms with van der Waals surface area (Å²) in [5, 5.41) is 12.7. The lowest BCUT2D eigenvalue weighted by Gasteiger charge is -2.27. The van der Waals surface area contributed by atoms with Gasteiger partial charge in [0.05, 0.1) is 6.10 Å². The van der Waals surface area contributed by atoms with E-state index in [1.54, 1.807) is 0 Å². The minimum atomic E-state index is -1.39.